The smallest absolute Gasteiger partial charge is 0.134 e. The van der Waals surface area contributed by atoms with Crippen LogP contribution in [0.25, 0.3) is 68.3 Å². The second kappa shape index (κ2) is 24.8. The van der Waals surface area contributed by atoms with Crippen molar-refractivity contribution in [2.75, 3.05) is 0 Å². The van der Waals surface area contributed by atoms with E-state index in [2.05, 4.69) is 136 Å². The Morgan fingerprint density at radius 1 is 0.323 bits per heavy atom. The van der Waals surface area contributed by atoms with Gasteiger partial charge in [0.1, 0.15) is 0 Å². The van der Waals surface area contributed by atoms with Crippen LogP contribution < -0.4 is 2.89 Å². The Bertz CT molecular complexity index is 2620. The molecule has 0 spiro atoms. The summed E-state index contributed by atoms with van der Waals surface area (Å²) in [6, 6.07) is 33.5. The largest absolute Gasteiger partial charge is 0.134 e. The number of hydrogen-bond donors (Lipinski definition) is 0. The van der Waals surface area contributed by atoms with Gasteiger partial charge in [-0.25, -0.2) is 0 Å². The van der Waals surface area contributed by atoms with E-state index in [1.54, 1.807) is 23.8 Å². The monoisotopic (exact) mass is 1120 g/mol. The van der Waals surface area contributed by atoms with Gasteiger partial charge in [-0.15, -0.1) is 45.3 Å². The van der Waals surface area contributed by atoms with Crippen molar-refractivity contribution in [1.82, 2.24) is 0 Å². The average molecular weight is 1120 g/mol. The van der Waals surface area contributed by atoms with E-state index in [0.717, 1.165) is 0 Å². The second-order valence-electron chi connectivity index (χ2n) is 17.9. The van der Waals surface area contributed by atoms with Gasteiger partial charge in [0, 0.05) is 34.1 Å². The molecule has 8 aromatic heterocycles. The van der Waals surface area contributed by atoms with Crippen molar-refractivity contribution in [3.8, 4) is 68.3 Å². The summed E-state index contributed by atoms with van der Waals surface area (Å²) in [5.41, 5.74) is 3.20. The molecule has 9 heteroatoms. The van der Waals surface area contributed by atoms with Crippen LogP contribution in [0.2, 0.25) is 13.3 Å². The molecule has 0 N–H and O–H groups in total. The third-order valence-electron chi connectivity index (χ3n) is 13.0. The van der Waals surface area contributed by atoms with Crippen LogP contribution in [0.5, 0.6) is 0 Å². The van der Waals surface area contributed by atoms with Gasteiger partial charge in [-0.05, 0) is 66.2 Å². The first-order valence-corrected chi connectivity index (χ1v) is 38.8. The Kier molecular flexibility index (Phi) is 19.0. The van der Waals surface area contributed by atoms with E-state index < -0.39 is 18.4 Å². The predicted octanol–water partition coefficient (Wildman–Crippen LogP) is 22.1. The zero-order chi connectivity index (χ0) is 45.0. The quantitative estimate of drug-likeness (QED) is 0.0356. The van der Waals surface area contributed by atoms with Crippen LogP contribution in [-0.2, 0) is 12.8 Å². The fourth-order valence-corrected chi connectivity index (χ4v) is 37.4. The van der Waals surface area contributed by atoms with Gasteiger partial charge < -0.3 is 0 Å². The van der Waals surface area contributed by atoms with Crippen LogP contribution in [0.4, 0.5) is 0 Å². The number of unbranched alkanes of at least 4 members (excludes halogenated alkanes) is 9. The molecule has 0 saturated carbocycles. The Morgan fingerprint density at radius 2 is 0.662 bits per heavy atom. The topological polar surface area (TPSA) is 0 Å². The molecule has 0 aromatic carbocycles. The van der Waals surface area contributed by atoms with Gasteiger partial charge in [0.25, 0.3) is 0 Å². The molecule has 8 aromatic rings. The van der Waals surface area contributed by atoms with E-state index in [4.69, 9.17) is 0 Å². The molecule has 0 radical (unpaired) electrons. The predicted molar refractivity (Wildman–Crippen MR) is 308 cm³/mol. The number of aryl methyl sites for hydroxylation is 2. The zero-order valence-electron chi connectivity index (χ0n) is 39.4. The van der Waals surface area contributed by atoms with Gasteiger partial charge in [0.05, 0.1) is 0 Å². The molecule has 0 atom stereocenters. The normalized spacial score (nSPS) is 12.0. The van der Waals surface area contributed by atoms with E-state index in [9.17, 15) is 0 Å². The van der Waals surface area contributed by atoms with Crippen LogP contribution in [0.15, 0.2) is 90.3 Å². The Hall–Kier alpha value is -1.60. The summed E-state index contributed by atoms with van der Waals surface area (Å²) in [4.78, 5) is 19.8. The summed E-state index contributed by atoms with van der Waals surface area (Å²) in [6.07, 6.45) is 21.3. The van der Waals surface area contributed by atoms with Gasteiger partial charge in [-0.2, -0.15) is 0 Å². The minimum absolute atomic E-state index is 1.20. The van der Waals surface area contributed by atoms with E-state index in [0.29, 0.717) is 0 Å². The molecule has 0 amide bonds. The molecule has 0 fully saturated rings. The molecule has 0 aliphatic heterocycles. The van der Waals surface area contributed by atoms with Crippen molar-refractivity contribution in [2.45, 2.75) is 151 Å². The standard InChI is InChI=1S/C44H41S8.3C4H9.Sn/c1-3-5-7-9-11-29-25-27-45-43(29)41-23-21-39(51-41)37-19-17-35(49-37)33-15-13-31(47-33)32-14-16-34(48-32)36-18-20-38(50-36)40-22-24-42(52-40)44-30(26-28-46-44)12-10-8-6-4-2;3*1-3-4-2;/h13-27H,3-12H2,1-2H3;3*1,3-4H2,2H3;. The maximum Gasteiger partial charge on any atom is -0.134 e. The first kappa shape index (κ1) is 49.8. The van der Waals surface area contributed by atoms with Crippen LogP contribution in [0.1, 0.15) is 136 Å². The number of hydrogen-bond acceptors (Lipinski definition) is 8. The number of rotatable bonds is 27. The second-order valence-corrected chi connectivity index (χ2v) is 40.6. The summed E-state index contributed by atoms with van der Waals surface area (Å²) in [6.45, 7) is 11.9. The van der Waals surface area contributed by atoms with E-state index in [1.807, 2.05) is 82.3 Å². The molecule has 0 bridgehead atoms. The fraction of sp³-hybridized carbons (Fsp3) is 0.429. The summed E-state index contributed by atoms with van der Waals surface area (Å²) in [5, 5.41) is 2.28. The van der Waals surface area contributed by atoms with Crippen LogP contribution >= 0.6 is 90.7 Å². The number of thiophene rings is 8. The average Bonchev–Trinajstić information content (AvgIpc) is 4.16. The maximum atomic E-state index is 2.80. The zero-order valence-corrected chi connectivity index (χ0v) is 48.7. The molecule has 8 heterocycles. The molecule has 0 aliphatic carbocycles. The molecule has 8 rings (SSSR count). The van der Waals surface area contributed by atoms with Crippen LogP contribution in [0.3, 0.4) is 0 Å². The van der Waals surface area contributed by atoms with Crippen LogP contribution in [-0.4, -0.2) is 18.4 Å². The fourth-order valence-electron chi connectivity index (χ4n) is 9.20. The third kappa shape index (κ3) is 12.4. The van der Waals surface area contributed by atoms with Gasteiger partial charge in [0.15, 0.2) is 0 Å². The van der Waals surface area contributed by atoms with Gasteiger partial charge in [0.2, 0.25) is 0 Å². The Morgan fingerprint density at radius 3 is 1.05 bits per heavy atom. The molecule has 0 nitrogen and oxygen atoms in total. The van der Waals surface area contributed by atoms with Crippen molar-refractivity contribution in [3.63, 3.8) is 0 Å². The van der Waals surface area contributed by atoms with E-state index in [1.165, 1.54) is 172 Å². The molecule has 65 heavy (non-hydrogen) atoms. The molecule has 0 unspecified atom stereocenters. The molecular formula is C56H68S8Sn. The minimum Gasteiger partial charge on any atom is -0.134 e. The van der Waals surface area contributed by atoms with Crippen molar-refractivity contribution in [2.24, 2.45) is 0 Å². The van der Waals surface area contributed by atoms with Gasteiger partial charge in [-0.3, -0.25) is 0 Å². The molecule has 0 saturated heterocycles. The van der Waals surface area contributed by atoms with Crippen molar-refractivity contribution < 1.29 is 0 Å². The van der Waals surface area contributed by atoms with Crippen molar-refractivity contribution >= 4 is 112 Å². The Balaban J connectivity index is 0.964. The Labute approximate surface area is 427 Å². The van der Waals surface area contributed by atoms with Gasteiger partial charge >= 0.3 is 260 Å². The molecular weight excluding hydrogens is 1050 g/mol. The molecule has 0 aliphatic rings. The van der Waals surface area contributed by atoms with Crippen molar-refractivity contribution in [1.29, 1.82) is 0 Å². The van der Waals surface area contributed by atoms with Gasteiger partial charge in [-0.1, -0.05) is 26.2 Å². The van der Waals surface area contributed by atoms with E-state index >= 15 is 0 Å². The summed E-state index contributed by atoms with van der Waals surface area (Å²) >= 11 is 13.4. The van der Waals surface area contributed by atoms with E-state index in [-0.39, 0.29) is 0 Å². The van der Waals surface area contributed by atoms with Crippen molar-refractivity contribution in [3.05, 3.63) is 101 Å². The molecule has 344 valence electrons. The summed E-state index contributed by atoms with van der Waals surface area (Å²) in [7, 11) is 0. The summed E-state index contributed by atoms with van der Waals surface area (Å²) in [5.74, 6) is 0. The maximum absolute atomic E-state index is 2.80. The minimum atomic E-state index is -2.53. The van der Waals surface area contributed by atoms with Crippen LogP contribution in [0, 0.1) is 0 Å². The first-order valence-electron chi connectivity index (χ1n) is 24.8. The summed E-state index contributed by atoms with van der Waals surface area (Å²) < 4.78 is 6.55. The first-order chi connectivity index (χ1) is 31.9. The SMILES string of the molecule is CCCCCCc1ccsc1-c1ccc(-c2ccc(-c3ccc(-c4ccc(-c5ccc(-c6ccc(-c7s[c]([Sn]([CH2]CCC)([CH2]CCC)[CH2]CCC)cc7CCCCCC)s6)s5)s4)s3)s2)s1. The third-order valence-corrected chi connectivity index (χ3v) is 41.2.